The summed E-state index contributed by atoms with van der Waals surface area (Å²) in [6.45, 7) is 1.36. The molecule has 1 aliphatic rings. The van der Waals surface area contributed by atoms with Gasteiger partial charge in [0.1, 0.15) is 0 Å². The van der Waals surface area contributed by atoms with Crippen LogP contribution in [-0.4, -0.2) is 39.2 Å². The lowest BCUT2D eigenvalue weighted by Crippen LogP contribution is -2.45. The van der Waals surface area contributed by atoms with Gasteiger partial charge in [0.25, 0.3) is 0 Å². The zero-order valence-electron chi connectivity index (χ0n) is 14.5. The topological polar surface area (TPSA) is 76.8 Å². The number of amides is 2. The van der Waals surface area contributed by atoms with Crippen LogP contribution < -0.4 is 5.32 Å². The average molecular weight is 372 g/mol. The van der Waals surface area contributed by atoms with Gasteiger partial charge in [-0.25, -0.2) is 4.79 Å². The number of piperidine rings is 1. The molecule has 1 aromatic carbocycles. The minimum absolute atomic E-state index is 0.0119. The summed E-state index contributed by atoms with van der Waals surface area (Å²) >= 11 is 6.10. The summed E-state index contributed by atoms with van der Waals surface area (Å²) in [4.78, 5) is 17.9. The molecule has 1 atom stereocenters. The van der Waals surface area contributed by atoms with Crippen LogP contribution >= 0.6 is 11.6 Å². The van der Waals surface area contributed by atoms with Gasteiger partial charge in [0.2, 0.25) is 0 Å². The Morgan fingerprint density at radius 2 is 2.27 bits per heavy atom. The number of carbonyl (C=O) groups excluding carboxylic acids is 1. The molecule has 0 aliphatic carbocycles. The largest absolute Gasteiger partial charge is 0.361 e. The predicted octanol–water partition coefficient (Wildman–Crippen LogP) is 4.02. The Balaban J connectivity index is 1.39. The van der Waals surface area contributed by atoms with E-state index >= 15 is 0 Å². The third-order valence-electron chi connectivity index (χ3n) is 5.04. The number of halogens is 1. The van der Waals surface area contributed by atoms with Crippen LogP contribution in [0, 0.1) is 0 Å². The van der Waals surface area contributed by atoms with Crippen molar-refractivity contribution in [1.82, 2.24) is 25.4 Å². The molecule has 2 aromatic heterocycles. The van der Waals surface area contributed by atoms with E-state index in [2.05, 4.69) is 20.5 Å². The number of hydrogen-bond donors (Lipinski definition) is 3. The third kappa shape index (κ3) is 3.42. The second-order valence-corrected chi connectivity index (χ2v) is 7.14. The van der Waals surface area contributed by atoms with E-state index in [1.165, 1.54) is 0 Å². The Hall–Kier alpha value is -2.47. The Morgan fingerprint density at radius 3 is 3.12 bits per heavy atom. The SMILES string of the molecule is O=C(NCCc1c[nH]c2ccc(Cl)cc12)N1CCCCC1c1ccn[nH]1. The molecule has 4 rings (SSSR count). The number of nitrogens with zero attached hydrogens (tertiary/aromatic N) is 2. The quantitative estimate of drug-likeness (QED) is 0.647. The molecule has 3 aromatic rings. The molecule has 136 valence electrons. The number of carbonyl (C=O) groups is 1. The molecular weight excluding hydrogens is 350 g/mol. The number of H-pyrrole nitrogens is 2. The smallest absolute Gasteiger partial charge is 0.317 e. The number of rotatable bonds is 4. The van der Waals surface area contributed by atoms with E-state index in [0.29, 0.717) is 6.54 Å². The van der Waals surface area contributed by atoms with Crippen molar-refractivity contribution in [3.63, 3.8) is 0 Å². The molecule has 26 heavy (non-hydrogen) atoms. The van der Waals surface area contributed by atoms with Gasteiger partial charge in [0.05, 0.1) is 11.7 Å². The fourth-order valence-electron chi connectivity index (χ4n) is 3.71. The number of hydrogen-bond acceptors (Lipinski definition) is 2. The van der Waals surface area contributed by atoms with Crippen LogP contribution in [0.25, 0.3) is 10.9 Å². The van der Waals surface area contributed by atoms with Crippen LogP contribution in [0.5, 0.6) is 0 Å². The van der Waals surface area contributed by atoms with E-state index in [0.717, 1.165) is 59.4 Å². The highest BCUT2D eigenvalue weighted by molar-refractivity contribution is 6.31. The first-order valence-electron chi connectivity index (χ1n) is 9.01. The van der Waals surface area contributed by atoms with Gasteiger partial charge in [-0.05, 0) is 55.5 Å². The van der Waals surface area contributed by atoms with E-state index in [1.807, 2.05) is 35.4 Å². The molecule has 3 heterocycles. The number of nitrogens with one attached hydrogen (secondary N) is 3. The van der Waals surface area contributed by atoms with Crippen molar-refractivity contribution in [2.75, 3.05) is 13.1 Å². The Labute approximate surface area is 156 Å². The molecular formula is C19H22ClN5O. The van der Waals surface area contributed by atoms with Gasteiger partial charge in [-0.15, -0.1) is 0 Å². The van der Waals surface area contributed by atoms with Crippen molar-refractivity contribution >= 4 is 28.5 Å². The molecule has 2 amide bonds. The number of urea groups is 1. The molecule has 1 aliphatic heterocycles. The van der Waals surface area contributed by atoms with E-state index in [1.54, 1.807) is 6.20 Å². The normalized spacial score (nSPS) is 17.6. The summed E-state index contributed by atoms with van der Waals surface area (Å²) < 4.78 is 0. The fraction of sp³-hybridized carbons (Fsp3) is 0.368. The summed E-state index contributed by atoms with van der Waals surface area (Å²) in [6.07, 6.45) is 7.62. The number of aromatic nitrogens is 3. The van der Waals surface area contributed by atoms with Crippen LogP contribution in [0.15, 0.2) is 36.7 Å². The predicted molar refractivity (Wildman–Crippen MR) is 102 cm³/mol. The Kier molecular flexibility index (Phi) is 4.84. The highest BCUT2D eigenvalue weighted by atomic mass is 35.5. The van der Waals surface area contributed by atoms with Crippen molar-refractivity contribution in [2.45, 2.75) is 31.7 Å². The standard InChI is InChI=1S/C19H22ClN5O/c20-14-4-5-16-15(11-14)13(12-22-16)6-8-21-19(26)25-10-2-1-3-18(25)17-7-9-23-24-17/h4-5,7,9,11-12,18,22H,1-3,6,8,10H2,(H,21,26)(H,23,24). The van der Waals surface area contributed by atoms with E-state index < -0.39 is 0 Å². The number of fused-ring (bicyclic) bond motifs is 1. The second kappa shape index (κ2) is 7.41. The van der Waals surface area contributed by atoms with Crippen molar-refractivity contribution < 1.29 is 4.79 Å². The molecule has 1 saturated heterocycles. The van der Waals surface area contributed by atoms with Gasteiger partial charge in [-0.3, -0.25) is 5.10 Å². The van der Waals surface area contributed by atoms with Gasteiger partial charge in [0, 0.05) is 41.4 Å². The van der Waals surface area contributed by atoms with Gasteiger partial charge in [-0.2, -0.15) is 5.10 Å². The zero-order chi connectivity index (χ0) is 17.9. The second-order valence-electron chi connectivity index (χ2n) is 6.70. The van der Waals surface area contributed by atoms with Crippen LogP contribution in [0.3, 0.4) is 0 Å². The minimum Gasteiger partial charge on any atom is -0.361 e. The van der Waals surface area contributed by atoms with E-state index in [4.69, 9.17) is 11.6 Å². The summed E-state index contributed by atoms with van der Waals surface area (Å²) in [5, 5.41) is 11.9. The van der Waals surface area contributed by atoms with Crippen molar-refractivity contribution in [3.05, 3.63) is 52.9 Å². The summed E-state index contributed by atoms with van der Waals surface area (Å²) in [7, 11) is 0. The summed E-state index contributed by atoms with van der Waals surface area (Å²) in [6, 6.07) is 7.83. The minimum atomic E-state index is -0.0119. The molecule has 0 radical (unpaired) electrons. The molecule has 1 fully saturated rings. The molecule has 3 N–H and O–H groups in total. The maximum atomic E-state index is 12.7. The maximum absolute atomic E-state index is 12.7. The van der Waals surface area contributed by atoms with E-state index in [9.17, 15) is 4.79 Å². The number of likely N-dealkylation sites (tertiary alicyclic amines) is 1. The number of benzene rings is 1. The molecule has 7 heteroatoms. The lowest BCUT2D eigenvalue weighted by Gasteiger charge is -2.35. The fourth-order valence-corrected chi connectivity index (χ4v) is 3.89. The first kappa shape index (κ1) is 17.0. The first-order valence-corrected chi connectivity index (χ1v) is 9.39. The van der Waals surface area contributed by atoms with Crippen molar-refractivity contribution in [3.8, 4) is 0 Å². The van der Waals surface area contributed by atoms with Crippen LogP contribution in [0.1, 0.15) is 36.6 Å². The van der Waals surface area contributed by atoms with Gasteiger partial charge in [0.15, 0.2) is 0 Å². The van der Waals surface area contributed by atoms with Gasteiger partial charge >= 0.3 is 6.03 Å². The molecule has 0 spiro atoms. The average Bonchev–Trinajstić information content (AvgIpc) is 3.32. The van der Waals surface area contributed by atoms with Gasteiger partial charge in [-0.1, -0.05) is 11.6 Å². The van der Waals surface area contributed by atoms with Crippen molar-refractivity contribution in [2.24, 2.45) is 0 Å². The maximum Gasteiger partial charge on any atom is 0.317 e. The van der Waals surface area contributed by atoms with Crippen LogP contribution in [-0.2, 0) is 6.42 Å². The highest BCUT2D eigenvalue weighted by Gasteiger charge is 2.28. The van der Waals surface area contributed by atoms with E-state index in [-0.39, 0.29) is 12.1 Å². The molecule has 6 nitrogen and oxygen atoms in total. The molecule has 0 bridgehead atoms. The number of aromatic amines is 2. The highest BCUT2D eigenvalue weighted by Crippen LogP contribution is 2.29. The molecule has 1 unspecified atom stereocenters. The van der Waals surface area contributed by atoms with Crippen LogP contribution in [0.4, 0.5) is 4.79 Å². The summed E-state index contributed by atoms with van der Waals surface area (Å²) in [5.74, 6) is 0. The van der Waals surface area contributed by atoms with Crippen molar-refractivity contribution in [1.29, 1.82) is 0 Å². The zero-order valence-corrected chi connectivity index (χ0v) is 15.2. The monoisotopic (exact) mass is 371 g/mol. The van der Waals surface area contributed by atoms with Gasteiger partial charge < -0.3 is 15.2 Å². The lowest BCUT2D eigenvalue weighted by atomic mass is 10.00. The summed E-state index contributed by atoms with van der Waals surface area (Å²) in [5.41, 5.74) is 3.23. The lowest BCUT2D eigenvalue weighted by molar-refractivity contribution is 0.150. The first-order chi connectivity index (χ1) is 12.7. The Morgan fingerprint density at radius 1 is 1.35 bits per heavy atom. The van der Waals surface area contributed by atoms with Crippen LogP contribution in [0.2, 0.25) is 5.02 Å². The third-order valence-corrected chi connectivity index (χ3v) is 5.28. The molecule has 0 saturated carbocycles. The Bertz CT molecular complexity index is 889.